The molecule has 2 N–H and O–H groups in total. The first-order valence-electron chi connectivity index (χ1n) is 17.4. The monoisotopic (exact) mass is 703 g/mol. The average molecular weight is 704 g/mol. The molecule has 14 nitrogen and oxygen atoms in total. The molecule has 1 unspecified atom stereocenters. The van der Waals surface area contributed by atoms with Crippen LogP contribution in [-0.2, 0) is 14.3 Å². The van der Waals surface area contributed by atoms with Gasteiger partial charge in [-0.05, 0) is 84.7 Å². The zero-order valence-corrected chi connectivity index (χ0v) is 30.5. The van der Waals surface area contributed by atoms with Crippen molar-refractivity contribution < 1.29 is 38.5 Å². The summed E-state index contributed by atoms with van der Waals surface area (Å²) in [5, 5.41) is 23.0. The molecular weight excluding hydrogens is 649 g/mol. The Morgan fingerprint density at radius 1 is 1.06 bits per heavy atom. The lowest BCUT2D eigenvalue weighted by Gasteiger charge is -2.53. The summed E-state index contributed by atoms with van der Waals surface area (Å²) in [7, 11) is 2.18. The maximum atomic E-state index is 14.3. The first-order chi connectivity index (χ1) is 23.7. The van der Waals surface area contributed by atoms with Gasteiger partial charge >= 0.3 is 11.9 Å². The smallest absolute Gasteiger partial charge is 0.414 e. The summed E-state index contributed by atoms with van der Waals surface area (Å²) in [6.07, 6.45) is 4.86. The van der Waals surface area contributed by atoms with Crippen LogP contribution in [0.25, 0.3) is 0 Å². The van der Waals surface area contributed by atoms with E-state index in [1.54, 1.807) is 4.90 Å². The third-order valence-electron chi connectivity index (χ3n) is 9.27. The molecule has 1 spiro atoms. The number of likely N-dealkylation sites (tertiary alicyclic amines) is 1. The number of carbonyl (C=O) groups excluding carboxylic acids is 1. The van der Waals surface area contributed by atoms with Crippen LogP contribution in [0.3, 0.4) is 0 Å². The van der Waals surface area contributed by atoms with E-state index in [0.29, 0.717) is 24.3 Å². The normalized spacial score (nSPS) is 15.9. The zero-order chi connectivity index (χ0) is 37.0. The number of nitrogens with zero attached hydrogens (tertiary/aromatic N) is 7. The van der Waals surface area contributed by atoms with Gasteiger partial charge in [0.25, 0.3) is 11.8 Å². The van der Waals surface area contributed by atoms with Gasteiger partial charge in [-0.1, -0.05) is 13.8 Å². The summed E-state index contributed by atoms with van der Waals surface area (Å²) in [5.41, 5.74) is 0.365. The molecule has 2 saturated heterocycles. The average Bonchev–Trinajstić information content (AvgIpc) is 3.50. The summed E-state index contributed by atoms with van der Waals surface area (Å²) in [4.78, 5) is 45.0. The van der Waals surface area contributed by atoms with Crippen LogP contribution < -0.4 is 9.64 Å². The fourth-order valence-electron chi connectivity index (χ4n) is 6.71. The SMILES string of the molecule is CCOCCN(C)CCCC(C(C)C)N1CC2(CCN(c3ncnnc3Oc3ccc(F)cc3C(=O)N(CC)C(C)C)C2)C1.O=C(O)C(=O)O. The second kappa shape index (κ2) is 18.9. The molecular formula is C35H54FN7O7. The van der Waals surface area contributed by atoms with Crippen LogP contribution in [0, 0.1) is 17.2 Å². The van der Waals surface area contributed by atoms with Gasteiger partial charge in [-0.25, -0.2) is 19.0 Å². The van der Waals surface area contributed by atoms with Crippen LogP contribution in [0.1, 0.15) is 71.2 Å². The lowest BCUT2D eigenvalue weighted by molar-refractivity contribution is -0.159. The van der Waals surface area contributed by atoms with Crippen LogP contribution in [0.5, 0.6) is 11.6 Å². The van der Waals surface area contributed by atoms with Gasteiger partial charge in [0.05, 0.1) is 12.2 Å². The standard InChI is InChI=1S/C33H52FN7O3.C2H2O4/c1-8-41(25(5)6)32(42)27-19-26(34)12-13-29(27)44-31-30(35-23-36-37-31)39-16-14-33(20-39)21-40(22-33)28(24(3)4)11-10-15-38(7)17-18-43-9-2;3-1(4)2(5)6/h12-13,19,23-25,28H,8-11,14-18,20-22H2,1-7H3;(H,3,4)(H,5,6). The number of ether oxygens (including phenoxy) is 2. The van der Waals surface area contributed by atoms with Crippen molar-refractivity contribution in [1.29, 1.82) is 0 Å². The maximum absolute atomic E-state index is 14.3. The Balaban J connectivity index is 0.00000103. The number of aromatic nitrogens is 3. The molecule has 2 aromatic rings. The van der Waals surface area contributed by atoms with E-state index in [2.05, 4.69) is 50.8 Å². The molecule has 3 heterocycles. The molecule has 1 atom stereocenters. The second-order valence-electron chi connectivity index (χ2n) is 13.7. The number of likely N-dealkylation sites (N-methyl/N-ethyl adjacent to an activating group) is 1. The van der Waals surface area contributed by atoms with Crippen molar-refractivity contribution in [3.8, 4) is 11.6 Å². The molecule has 1 aromatic carbocycles. The van der Waals surface area contributed by atoms with Gasteiger partial charge in [-0.3, -0.25) is 9.69 Å². The number of carboxylic acids is 2. The van der Waals surface area contributed by atoms with E-state index in [1.807, 2.05) is 27.7 Å². The number of hydrogen-bond acceptors (Lipinski definition) is 11. The number of halogens is 1. The van der Waals surface area contributed by atoms with Gasteiger partial charge < -0.3 is 34.4 Å². The fourth-order valence-corrected chi connectivity index (χ4v) is 6.71. The predicted octanol–water partition coefficient (Wildman–Crippen LogP) is 4.11. The molecule has 50 heavy (non-hydrogen) atoms. The van der Waals surface area contributed by atoms with E-state index in [-0.39, 0.29) is 34.6 Å². The van der Waals surface area contributed by atoms with Crippen molar-refractivity contribution in [1.82, 2.24) is 29.9 Å². The Morgan fingerprint density at radius 3 is 2.36 bits per heavy atom. The summed E-state index contributed by atoms with van der Waals surface area (Å²) in [6.45, 7) is 20.4. The van der Waals surface area contributed by atoms with E-state index in [4.69, 9.17) is 29.3 Å². The summed E-state index contributed by atoms with van der Waals surface area (Å²) >= 11 is 0. The highest BCUT2D eigenvalue weighted by Crippen LogP contribution is 2.44. The highest BCUT2D eigenvalue weighted by molar-refractivity contribution is 6.27. The molecule has 2 aliphatic heterocycles. The van der Waals surface area contributed by atoms with E-state index in [9.17, 15) is 9.18 Å². The highest BCUT2D eigenvalue weighted by atomic mass is 19.1. The van der Waals surface area contributed by atoms with Crippen LogP contribution in [0.4, 0.5) is 10.2 Å². The van der Waals surface area contributed by atoms with Gasteiger partial charge in [-0.2, -0.15) is 0 Å². The van der Waals surface area contributed by atoms with Crippen molar-refractivity contribution in [2.75, 3.05) is 71.0 Å². The van der Waals surface area contributed by atoms with Crippen molar-refractivity contribution in [2.45, 2.75) is 72.9 Å². The van der Waals surface area contributed by atoms with Crippen LogP contribution in [-0.4, -0.2) is 136 Å². The largest absolute Gasteiger partial charge is 0.473 e. The zero-order valence-electron chi connectivity index (χ0n) is 30.5. The second-order valence-corrected chi connectivity index (χ2v) is 13.7. The Bertz CT molecular complexity index is 1410. The molecule has 4 rings (SSSR count). The van der Waals surface area contributed by atoms with E-state index < -0.39 is 17.8 Å². The topological polar surface area (TPSA) is 162 Å². The third-order valence-corrected chi connectivity index (χ3v) is 9.27. The van der Waals surface area contributed by atoms with Gasteiger partial charge in [0.15, 0.2) is 5.82 Å². The number of benzene rings is 1. The molecule has 2 fully saturated rings. The van der Waals surface area contributed by atoms with Crippen molar-refractivity contribution in [3.63, 3.8) is 0 Å². The number of carbonyl (C=O) groups is 3. The summed E-state index contributed by atoms with van der Waals surface area (Å²) in [6, 6.07) is 4.52. The molecule has 0 saturated carbocycles. The van der Waals surface area contributed by atoms with Gasteiger partial charge in [-0.15, -0.1) is 10.2 Å². The first kappa shape index (κ1) is 40.5. The Labute approximate surface area is 294 Å². The first-order valence-corrected chi connectivity index (χ1v) is 17.4. The Kier molecular flexibility index (Phi) is 15.3. The number of rotatable bonds is 16. The van der Waals surface area contributed by atoms with Crippen molar-refractivity contribution in [3.05, 3.63) is 35.9 Å². The summed E-state index contributed by atoms with van der Waals surface area (Å²) < 4.78 is 26.0. The van der Waals surface area contributed by atoms with Crippen molar-refractivity contribution >= 4 is 23.7 Å². The minimum absolute atomic E-state index is 0.0394. The Morgan fingerprint density at radius 2 is 1.76 bits per heavy atom. The highest BCUT2D eigenvalue weighted by Gasteiger charge is 2.50. The molecule has 15 heteroatoms. The number of anilines is 1. The van der Waals surface area contributed by atoms with Crippen LogP contribution >= 0.6 is 0 Å². The van der Waals surface area contributed by atoms with Crippen LogP contribution in [0.2, 0.25) is 0 Å². The number of hydrogen-bond donors (Lipinski definition) is 2. The molecule has 1 aromatic heterocycles. The Hall–Kier alpha value is -3.95. The number of aliphatic carboxylic acids is 2. The van der Waals surface area contributed by atoms with Gasteiger partial charge in [0.1, 0.15) is 17.9 Å². The predicted molar refractivity (Wildman–Crippen MR) is 186 cm³/mol. The van der Waals surface area contributed by atoms with Crippen molar-refractivity contribution in [2.24, 2.45) is 11.3 Å². The lowest BCUT2D eigenvalue weighted by atomic mass is 9.76. The number of amides is 1. The maximum Gasteiger partial charge on any atom is 0.414 e. The minimum atomic E-state index is -1.82. The summed E-state index contributed by atoms with van der Waals surface area (Å²) in [5.74, 6) is -2.77. The molecule has 1 amide bonds. The molecule has 2 aliphatic rings. The quantitative estimate of drug-likeness (QED) is 0.190. The van der Waals surface area contributed by atoms with Gasteiger partial charge in [0, 0.05) is 63.4 Å². The third kappa shape index (κ3) is 11.0. The van der Waals surface area contributed by atoms with Crippen LogP contribution in [0.15, 0.2) is 24.5 Å². The fraction of sp³-hybridized carbons (Fsp3) is 0.657. The number of carboxylic acid groups (broad SMARTS) is 2. The van der Waals surface area contributed by atoms with Gasteiger partial charge in [0.2, 0.25) is 0 Å². The molecule has 0 aliphatic carbocycles. The minimum Gasteiger partial charge on any atom is -0.473 e. The molecule has 0 bridgehead atoms. The van der Waals surface area contributed by atoms with E-state index in [0.717, 1.165) is 58.9 Å². The molecule has 278 valence electrons. The van der Waals surface area contributed by atoms with E-state index >= 15 is 0 Å². The molecule has 0 radical (unpaired) electrons. The van der Waals surface area contributed by atoms with E-state index in [1.165, 1.54) is 37.4 Å². The lowest BCUT2D eigenvalue weighted by Crippen LogP contribution is -2.62.